The molecular weight excluding hydrogens is 310 g/mol. The van der Waals surface area contributed by atoms with Gasteiger partial charge in [-0.05, 0) is 40.7 Å². The first kappa shape index (κ1) is 14.9. The first-order valence-electron chi connectivity index (χ1n) is 6.86. The highest BCUT2D eigenvalue weighted by atomic mass is 32.1. The molecule has 0 spiro atoms. The fourth-order valence-electron chi connectivity index (χ4n) is 2.19. The zero-order valence-corrected chi connectivity index (χ0v) is 12.9. The number of anilines is 2. The summed E-state index contributed by atoms with van der Waals surface area (Å²) in [5.74, 6) is -0.194. The van der Waals surface area contributed by atoms with Crippen LogP contribution in [0.15, 0.2) is 53.6 Å². The quantitative estimate of drug-likeness (QED) is 0.318. The number of carbonyl (C=O) groups excluding carboxylic acids is 1. The first-order valence-corrected chi connectivity index (χ1v) is 7.68. The number of para-hydroxylation sites is 2. The third-order valence-electron chi connectivity index (χ3n) is 3.33. The minimum Gasteiger partial charge on any atom is -0.397 e. The van der Waals surface area contributed by atoms with Gasteiger partial charge in [-0.3, -0.25) is 4.79 Å². The number of carbonyl (C=O) groups is 1. The fraction of sp³-hybridized carbons (Fsp3) is 0.0625. The summed E-state index contributed by atoms with van der Waals surface area (Å²) in [6.07, 6.45) is 0. The molecule has 0 bridgehead atoms. The van der Waals surface area contributed by atoms with Crippen LogP contribution in [0.4, 0.5) is 11.4 Å². The maximum Gasteiger partial charge on any atom is 0.265 e. The van der Waals surface area contributed by atoms with E-state index in [1.807, 2.05) is 36.4 Å². The number of nitrogen functional groups attached to an aromatic ring is 1. The summed E-state index contributed by atoms with van der Waals surface area (Å²) in [5.41, 5.74) is 16.3. The zero-order valence-electron chi connectivity index (χ0n) is 12.1. The Balaban J connectivity index is 1.86. The van der Waals surface area contributed by atoms with Crippen molar-refractivity contribution in [2.45, 2.75) is 6.54 Å². The van der Waals surface area contributed by atoms with Crippen LogP contribution < -0.4 is 11.1 Å². The predicted octanol–water partition coefficient (Wildman–Crippen LogP) is 4.55. The molecule has 0 unspecified atom stereocenters. The molecule has 3 N–H and O–H groups in total. The number of nitrogens with two attached hydrogens (primary N) is 1. The van der Waals surface area contributed by atoms with Crippen LogP contribution in [0.2, 0.25) is 0 Å². The van der Waals surface area contributed by atoms with E-state index in [4.69, 9.17) is 11.3 Å². The van der Waals surface area contributed by atoms with Gasteiger partial charge in [0.1, 0.15) is 0 Å². The topological polar surface area (TPSA) is 104 Å². The molecule has 1 heterocycles. The molecule has 7 heteroatoms. The minimum atomic E-state index is -0.194. The summed E-state index contributed by atoms with van der Waals surface area (Å²) < 4.78 is 0.974. The molecule has 0 fully saturated rings. The maximum atomic E-state index is 12.4. The van der Waals surface area contributed by atoms with Crippen LogP contribution in [0.3, 0.4) is 0 Å². The molecule has 23 heavy (non-hydrogen) atoms. The Kier molecular flexibility index (Phi) is 4.14. The average molecular weight is 323 g/mol. The van der Waals surface area contributed by atoms with Gasteiger partial charge >= 0.3 is 0 Å². The number of nitrogens with one attached hydrogen (secondary N) is 1. The molecule has 0 aliphatic carbocycles. The summed E-state index contributed by atoms with van der Waals surface area (Å²) in [6, 6.07) is 14.7. The molecule has 6 nitrogen and oxygen atoms in total. The van der Waals surface area contributed by atoms with Gasteiger partial charge < -0.3 is 11.1 Å². The minimum absolute atomic E-state index is 0.194. The van der Waals surface area contributed by atoms with Crippen molar-refractivity contribution in [2.75, 3.05) is 11.1 Å². The van der Waals surface area contributed by atoms with E-state index in [0.29, 0.717) is 22.8 Å². The van der Waals surface area contributed by atoms with Gasteiger partial charge in [0.25, 0.3) is 5.91 Å². The molecule has 0 saturated heterocycles. The monoisotopic (exact) mass is 323 g/mol. The van der Waals surface area contributed by atoms with E-state index >= 15 is 0 Å². The molecule has 1 amide bonds. The molecule has 0 radical (unpaired) electrons. The highest BCUT2D eigenvalue weighted by Gasteiger charge is 2.12. The second-order valence-electron chi connectivity index (χ2n) is 4.91. The van der Waals surface area contributed by atoms with Gasteiger partial charge in [0.15, 0.2) is 0 Å². The third kappa shape index (κ3) is 3.26. The van der Waals surface area contributed by atoms with E-state index < -0.39 is 0 Å². The number of hydrogen-bond acceptors (Lipinski definition) is 4. The molecule has 114 valence electrons. The van der Waals surface area contributed by atoms with Gasteiger partial charge in [0.2, 0.25) is 0 Å². The molecule has 2 aromatic carbocycles. The molecule has 1 aromatic heterocycles. The van der Waals surface area contributed by atoms with Crippen molar-refractivity contribution in [3.8, 4) is 0 Å². The largest absolute Gasteiger partial charge is 0.397 e. The van der Waals surface area contributed by atoms with Crippen LogP contribution in [0.25, 0.3) is 20.5 Å². The molecule has 0 aliphatic heterocycles. The van der Waals surface area contributed by atoms with E-state index in [2.05, 4.69) is 15.3 Å². The lowest BCUT2D eigenvalue weighted by Crippen LogP contribution is -2.11. The second kappa shape index (κ2) is 6.39. The SMILES string of the molecule is [N-]=[N+]=NCc1ccc2cc(C(=O)Nc3ccccc3N)sc2c1. The van der Waals surface area contributed by atoms with Crippen molar-refractivity contribution in [1.82, 2.24) is 0 Å². The Labute approximate surface area is 136 Å². The molecule has 0 atom stereocenters. The van der Waals surface area contributed by atoms with Gasteiger partial charge in [-0.1, -0.05) is 29.4 Å². The molecule has 0 saturated carbocycles. The Morgan fingerprint density at radius 1 is 1.26 bits per heavy atom. The van der Waals surface area contributed by atoms with Crippen molar-refractivity contribution in [1.29, 1.82) is 0 Å². The van der Waals surface area contributed by atoms with Gasteiger partial charge in [0.05, 0.1) is 22.8 Å². The molecular formula is C16H13N5OS. The number of thiophene rings is 1. The number of benzene rings is 2. The van der Waals surface area contributed by atoms with Crippen molar-refractivity contribution in [2.24, 2.45) is 5.11 Å². The van der Waals surface area contributed by atoms with Crippen LogP contribution in [0.5, 0.6) is 0 Å². The van der Waals surface area contributed by atoms with E-state index in [-0.39, 0.29) is 5.91 Å². The summed E-state index contributed by atoms with van der Waals surface area (Å²) in [7, 11) is 0. The summed E-state index contributed by atoms with van der Waals surface area (Å²) in [5, 5.41) is 7.34. The number of fused-ring (bicyclic) bond motifs is 1. The smallest absolute Gasteiger partial charge is 0.265 e. The highest BCUT2D eigenvalue weighted by molar-refractivity contribution is 7.20. The lowest BCUT2D eigenvalue weighted by molar-refractivity contribution is 0.103. The van der Waals surface area contributed by atoms with E-state index in [0.717, 1.165) is 15.6 Å². The van der Waals surface area contributed by atoms with Crippen LogP contribution >= 0.6 is 11.3 Å². The third-order valence-corrected chi connectivity index (χ3v) is 4.43. The first-order chi connectivity index (χ1) is 11.2. The van der Waals surface area contributed by atoms with Crippen LogP contribution in [0.1, 0.15) is 15.2 Å². The van der Waals surface area contributed by atoms with E-state index in [1.165, 1.54) is 11.3 Å². The summed E-state index contributed by atoms with van der Waals surface area (Å²) >= 11 is 1.39. The van der Waals surface area contributed by atoms with E-state index in [1.54, 1.807) is 12.1 Å². The van der Waals surface area contributed by atoms with Crippen molar-refractivity contribution in [3.05, 3.63) is 69.4 Å². The highest BCUT2D eigenvalue weighted by Crippen LogP contribution is 2.28. The normalized spacial score (nSPS) is 10.3. The van der Waals surface area contributed by atoms with Crippen LogP contribution in [0, 0.1) is 0 Å². The van der Waals surface area contributed by atoms with Crippen molar-refractivity contribution >= 4 is 38.7 Å². The molecule has 3 aromatic rings. The fourth-order valence-corrected chi connectivity index (χ4v) is 3.22. The Bertz CT molecular complexity index is 927. The van der Waals surface area contributed by atoms with Crippen LogP contribution in [-0.4, -0.2) is 5.91 Å². The van der Waals surface area contributed by atoms with Gasteiger partial charge in [-0.2, -0.15) is 0 Å². The van der Waals surface area contributed by atoms with Gasteiger partial charge in [-0.25, -0.2) is 0 Å². The Hall–Kier alpha value is -3.02. The van der Waals surface area contributed by atoms with Crippen molar-refractivity contribution in [3.63, 3.8) is 0 Å². The number of rotatable bonds is 4. The van der Waals surface area contributed by atoms with E-state index in [9.17, 15) is 4.79 Å². The van der Waals surface area contributed by atoms with Gasteiger partial charge in [-0.15, -0.1) is 11.3 Å². The number of amides is 1. The number of azide groups is 1. The Morgan fingerprint density at radius 3 is 2.87 bits per heavy atom. The lowest BCUT2D eigenvalue weighted by Gasteiger charge is -2.05. The predicted molar refractivity (Wildman–Crippen MR) is 93.5 cm³/mol. The average Bonchev–Trinajstić information content (AvgIpc) is 2.98. The maximum absolute atomic E-state index is 12.4. The lowest BCUT2D eigenvalue weighted by atomic mass is 10.2. The van der Waals surface area contributed by atoms with Crippen LogP contribution in [-0.2, 0) is 6.54 Å². The molecule has 0 aliphatic rings. The molecule has 3 rings (SSSR count). The Morgan fingerprint density at radius 2 is 2.09 bits per heavy atom. The zero-order chi connectivity index (χ0) is 16.2. The summed E-state index contributed by atoms with van der Waals surface area (Å²) in [6.45, 7) is 0.298. The van der Waals surface area contributed by atoms with Gasteiger partial charge in [0, 0.05) is 9.61 Å². The second-order valence-corrected chi connectivity index (χ2v) is 6.00. The summed E-state index contributed by atoms with van der Waals surface area (Å²) in [4.78, 5) is 15.7. The standard InChI is InChI=1S/C16H13N5OS/c17-12-3-1-2-4-13(12)20-16(22)15-8-11-6-5-10(9-19-21-18)7-14(11)23-15/h1-8H,9,17H2,(H,20,22). The van der Waals surface area contributed by atoms with Crippen molar-refractivity contribution < 1.29 is 4.79 Å². The number of hydrogen-bond donors (Lipinski definition) is 2. The number of nitrogens with zero attached hydrogens (tertiary/aromatic N) is 3.